The Balaban J connectivity index is 2.06. The van der Waals surface area contributed by atoms with E-state index >= 15 is 0 Å². The third-order valence-electron chi connectivity index (χ3n) is 3.20. The highest BCUT2D eigenvalue weighted by molar-refractivity contribution is 5.86. The number of aliphatic imine (C=N–C) groups is 1. The van der Waals surface area contributed by atoms with Crippen molar-refractivity contribution in [2.75, 3.05) is 0 Å². The van der Waals surface area contributed by atoms with Crippen molar-refractivity contribution < 1.29 is 5.11 Å². The molecule has 0 aliphatic carbocycles. The van der Waals surface area contributed by atoms with Crippen molar-refractivity contribution in [2.45, 2.75) is 6.54 Å². The summed E-state index contributed by atoms with van der Waals surface area (Å²) in [4.78, 5) is 8.92. The van der Waals surface area contributed by atoms with Crippen molar-refractivity contribution in [1.29, 1.82) is 0 Å². The predicted octanol–water partition coefficient (Wildman–Crippen LogP) is 3.68. The molecule has 0 unspecified atom stereocenters. The second-order valence-electron chi connectivity index (χ2n) is 4.62. The molecule has 0 saturated heterocycles. The first-order valence-corrected chi connectivity index (χ1v) is 6.68. The molecule has 0 bridgehead atoms. The van der Waals surface area contributed by atoms with Gasteiger partial charge >= 0.3 is 0 Å². The lowest BCUT2D eigenvalue weighted by Crippen LogP contribution is -1.94. The van der Waals surface area contributed by atoms with Gasteiger partial charge in [0.2, 0.25) is 5.95 Å². The maximum atomic E-state index is 9.77. The van der Waals surface area contributed by atoms with Gasteiger partial charge in [-0.15, -0.1) is 6.58 Å². The lowest BCUT2D eigenvalue weighted by Gasteiger charge is -2.02. The van der Waals surface area contributed by atoms with E-state index in [1.54, 1.807) is 24.4 Å². The Morgan fingerprint density at radius 2 is 1.90 bits per heavy atom. The van der Waals surface area contributed by atoms with Crippen molar-refractivity contribution in [3.05, 3.63) is 66.7 Å². The minimum atomic E-state index is 0.202. The summed E-state index contributed by atoms with van der Waals surface area (Å²) in [6, 6.07) is 14.9. The van der Waals surface area contributed by atoms with E-state index < -0.39 is 0 Å². The summed E-state index contributed by atoms with van der Waals surface area (Å²) in [6.07, 6.45) is 3.43. The highest BCUT2D eigenvalue weighted by Crippen LogP contribution is 2.22. The van der Waals surface area contributed by atoms with Crippen LogP contribution in [0.4, 0.5) is 5.95 Å². The molecule has 2 aromatic carbocycles. The monoisotopic (exact) mass is 277 g/mol. The third-order valence-corrected chi connectivity index (χ3v) is 3.20. The molecule has 0 aliphatic rings. The fourth-order valence-electron chi connectivity index (χ4n) is 2.19. The average molecular weight is 277 g/mol. The molecular weight excluding hydrogens is 262 g/mol. The highest BCUT2D eigenvalue weighted by atomic mass is 16.3. The molecule has 0 atom stereocenters. The SMILES string of the molecule is C=CCn1c(/N=C/c2ccccc2O)nc2ccccc21. The Morgan fingerprint density at radius 3 is 2.71 bits per heavy atom. The summed E-state index contributed by atoms with van der Waals surface area (Å²) < 4.78 is 1.98. The van der Waals surface area contributed by atoms with Gasteiger partial charge in [-0.2, -0.15) is 0 Å². The van der Waals surface area contributed by atoms with Gasteiger partial charge in [-0.05, 0) is 24.3 Å². The predicted molar refractivity (Wildman–Crippen MR) is 85.3 cm³/mol. The van der Waals surface area contributed by atoms with E-state index in [4.69, 9.17) is 0 Å². The molecule has 1 aromatic heterocycles. The number of hydrogen-bond donors (Lipinski definition) is 1. The van der Waals surface area contributed by atoms with Crippen LogP contribution in [-0.4, -0.2) is 20.9 Å². The van der Waals surface area contributed by atoms with E-state index in [9.17, 15) is 5.11 Å². The van der Waals surface area contributed by atoms with Crippen molar-refractivity contribution in [2.24, 2.45) is 4.99 Å². The van der Waals surface area contributed by atoms with E-state index in [0.29, 0.717) is 18.1 Å². The summed E-state index contributed by atoms with van der Waals surface area (Å²) in [5.74, 6) is 0.798. The summed E-state index contributed by atoms with van der Waals surface area (Å²) >= 11 is 0. The molecule has 104 valence electrons. The maximum absolute atomic E-state index is 9.77. The first-order chi connectivity index (χ1) is 10.3. The number of aromatic nitrogens is 2. The molecule has 0 spiro atoms. The number of para-hydroxylation sites is 3. The molecule has 1 N–H and O–H groups in total. The van der Waals surface area contributed by atoms with Crippen LogP contribution in [0.2, 0.25) is 0 Å². The zero-order valence-electron chi connectivity index (χ0n) is 11.5. The van der Waals surface area contributed by atoms with Crippen LogP contribution in [0.15, 0.2) is 66.2 Å². The van der Waals surface area contributed by atoms with Crippen LogP contribution in [0.25, 0.3) is 11.0 Å². The molecule has 0 aliphatic heterocycles. The third kappa shape index (κ3) is 2.56. The normalized spacial score (nSPS) is 11.2. The minimum absolute atomic E-state index is 0.202. The fourth-order valence-corrected chi connectivity index (χ4v) is 2.19. The van der Waals surface area contributed by atoms with Gasteiger partial charge in [0.1, 0.15) is 5.75 Å². The number of nitrogens with zero attached hydrogens (tertiary/aromatic N) is 3. The van der Waals surface area contributed by atoms with Crippen LogP contribution in [0, 0.1) is 0 Å². The van der Waals surface area contributed by atoms with E-state index in [2.05, 4.69) is 16.6 Å². The second-order valence-corrected chi connectivity index (χ2v) is 4.62. The number of hydrogen-bond acceptors (Lipinski definition) is 3. The van der Waals surface area contributed by atoms with Gasteiger partial charge in [-0.1, -0.05) is 30.3 Å². The Labute approximate surface area is 122 Å². The molecule has 21 heavy (non-hydrogen) atoms. The number of rotatable bonds is 4. The number of allylic oxidation sites excluding steroid dienone is 1. The number of fused-ring (bicyclic) bond motifs is 1. The number of phenolic OH excluding ortho intramolecular Hbond substituents is 1. The summed E-state index contributed by atoms with van der Waals surface area (Å²) in [5, 5.41) is 9.77. The van der Waals surface area contributed by atoms with E-state index in [0.717, 1.165) is 11.0 Å². The molecule has 1 heterocycles. The Morgan fingerprint density at radius 1 is 1.14 bits per heavy atom. The average Bonchev–Trinajstić information content (AvgIpc) is 2.85. The number of benzene rings is 2. The number of aromatic hydroxyl groups is 1. The Hall–Kier alpha value is -2.88. The molecule has 0 amide bonds. The molecule has 4 heteroatoms. The second kappa shape index (κ2) is 5.63. The van der Waals surface area contributed by atoms with Crippen molar-refractivity contribution >= 4 is 23.2 Å². The molecule has 0 radical (unpaired) electrons. The largest absolute Gasteiger partial charge is 0.507 e. The van der Waals surface area contributed by atoms with Crippen LogP contribution in [0.1, 0.15) is 5.56 Å². The lowest BCUT2D eigenvalue weighted by molar-refractivity contribution is 0.474. The summed E-state index contributed by atoms with van der Waals surface area (Å²) in [6.45, 7) is 4.41. The van der Waals surface area contributed by atoms with E-state index in [1.165, 1.54) is 0 Å². The first-order valence-electron chi connectivity index (χ1n) is 6.68. The molecule has 3 aromatic rings. The lowest BCUT2D eigenvalue weighted by atomic mass is 10.2. The van der Waals surface area contributed by atoms with Crippen LogP contribution >= 0.6 is 0 Å². The van der Waals surface area contributed by atoms with Gasteiger partial charge in [-0.25, -0.2) is 9.98 Å². The van der Waals surface area contributed by atoms with Crippen LogP contribution in [0.5, 0.6) is 5.75 Å². The van der Waals surface area contributed by atoms with Gasteiger partial charge in [0.05, 0.1) is 11.0 Å². The molecule has 3 rings (SSSR count). The zero-order valence-corrected chi connectivity index (χ0v) is 11.5. The molecule has 0 saturated carbocycles. The fraction of sp³-hybridized carbons (Fsp3) is 0.0588. The van der Waals surface area contributed by atoms with Crippen LogP contribution < -0.4 is 0 Å². The van der Waals surface area contributed by atoms with Gasteiger partial charge < -0.3 is 9.67 Å². The number of imidazole rings is 1. The van der Waals surface area contributed by atoms with Crippen molar-refractivity contribution in [3.8, 4) is 5.75 Å². The Kier molecular flexibility index (Phi) is 3.51. The number of phenols is 1. The molecular formula is C17H15N3O. The van der Waals surface area contributed by atoms with Gasteiger partial charge in [-0.3, -0.25) is 0 Å². The molecule has 4 nitrogen and oxygen atoms in total. The van der Waals surface area contributed by atoms with Crippen LogP contribution in [-0.2, 0) is 6.54 Å². The molecule has 0 fully saturated rings. The van der Waals surface area contributed by atoms with Crippen molar-refractivity contribution in [1.82, 2.24) is 9.55 Å². The summed E-state index contributed by atoms with van der Waals surface area (Å²) in [5.41, 5.74) is 2.57. The topological polar surface area (TPSA) is 50.4 Å². The van der Waals surface area contributed by atoms with Gasteiger partial charge in [0.25, 0.3) is 0 Å². The van der Waals surface area contributed by atoms with Gasteiger partial charge in [0, 0.05) is 18.3 Å². The quantitative estimate of drug-likeness (QED) is 0.584. The Bertz CT molecular complexity index is 818. The minimum Gasteiger partial charge on any atom is -0.507 e. The van der Waals surface area contributed by atoms with E-state index in [-0.39, 0.29) is 5.75 Å². The summed E-state index contributed by atoms with van der Waals surface area (Å²) in [7, 11) is 0. The van der Waals surface area contributed by atoms with E-state index in [1.807, 2.05) is 41.0 Å². The van der Waals surface area contributed by atoms with Gasteiger partial charge in [0.15, 0.2) is 0 Å². The van der Waals surface area contributed by atoms with Crippen molar-refractivity contribution in [3.63, 3.8) is 0 Å². The van der Waals surface area contributed by atoms with Crippen LogP contribution in [0.3, 0.4) is 0 Å². The highest BCUT2D eigenvalue weighted by Gasteiger charge is 2.07. The zero-order chi connectivity index (χ0) is 14.7. The maximum Gasteiger partial charge on any atom is 0.230 e. The first kappa shape index (κ1) is 13.1. The smallest absolute Gasteiger partial charge is 0.230 e. The standard InChI is InChI=1S/C17H15N3O/c1-2-11-20-15-9-5-4-8-14(15)19-17(20)18-12-13-7-3-6-10-16(13)21/h2-10,12,21H,1,11H2/b18-12+.